The molecule has 2 aromatic rings. The number of thiophene rings is 1. The number of aliphatic hydroxyl groups is 1. The fraction of sp³-hybridized carbons (Fsp3) is 0.650. The van der Waals surface area contributed by atoms with E-state index in [0.717, 1.165) is 43.0 Å². The fourth-order valence-electron chi connectivity index (χ4n) is 5.59. The average molecular weight is 387 g/mol. The smallest absolute Gasteiger partial charge is 0.223 e. The van der Waals surface area contributed by atoms with E-state index in [1.54, 1.807) is 17.7 Å². The number of anilines is 1. The monoisotopic (exact) mass is 386 g/mol. The van der Waals surface area contributed by atoms with E-state index < -0.39 is 0 Å². The number of hydrogen-bond donors (Lipinski definition) is 1. The molecule has 3 saturated heterocycles. The Kier molecular flexibility index (Phi) is 4.13. The number of fused-ring (bicyclic) bond motifs is 5. The van der Waals surface area contributed by atoms with Crippen molar-refractivity contribution in [2.75, 3.05) is 24.6 Å². The van der Waals surface area contributed by atoms with Gasteiger partial charge in [0.05, 0.1) is 18.0 Å². The Balaban J connectivity index is 1.54. The minimum absolute atomic E-state index is 0.0514. The van der Waals surface area contributed by atoms with Crippen molar-refractivity contribution in [1.29, 1.82) is 0 Å². The SMILES string of the molecule is Cc1sc2ncnc(N3C[C@H]4C[C@@H](C3)[C@H](CO)N3C(=O)CCC[C@@H]43)c2c1C. The predicted octanol–water partition coefficient (Wildman–Crippen LogP) is 2.51. The van der Waals surface area contributed by atoms with Crippen LogP contribution in [0.5, 0.6) is 0 Å². The van der Waals surface area contributed by atoms with Crippen molar-refractivity contribution in [1.82, 2.24) is 14.9 Å². The van der Waals surface area contributed by atoms with Crippen molar-refractivity contribution in [2.45, 2.75) is 51.6 Å². The van der Waals surface area contributed by atoms with Gasteiger partial charge in [-0.2, -0.15) is 0 Å². The van der Waals surface area contributed by atoms with Crippen LogP contribution in [0.1, 0.15) is 36.1 Å². The maximum atomic E-state index is 12.6. The third-order valence-electron chi connectivity index (χ3n) is 6.93. The number of nitrogens with zero attached hydrogens (tertiary/aromatic N) is 4. The summed E-state index contributed by atoms with van der Waals surface area (Å²) in [6.07, 6.45) is 5.45. The number of hydrogen-bond acceptors (Lipinski definition) is 6. The molecule has 0 saturated carbocycles. The third-order valence-corrected chi connectivity index (χ3v) is 8.04. The quantitative estimate of drug-likeness (QED) is 0.859. The van der Waals surface area contributed by atoms with Gasteiger partial charge < -0.3 is 14.9 Å². The molecule has 7 heteroatoms. The Morgan fingerprint density at radius 3 is 2.89 bits per heavy atom. The van der Waals surface area contributed by atoms with E-state index in [2.05, 4.69) is 33.6 Å². The van der Waals surface area contributed by atoms with Crippen molar-refractivity contribution in [3.63, 3.8) is 0 Å². The summed E-state index contributed by atoms with van der Waals surface area (Å²) in [5.74, 6) is 2.03. The molecule has 2 aromatic heterocycles. The lowest BCUT2D eigenvalue weighted by atomic mass is 9.72. The van der Waals surface area contributed by atoms with Crippen LogP contribution in [0, 0.1) is 25.7 Å². The van der Waals surface area contributed by atoms with Crippen molar-refractivity contribution < 1.29 is 9.90 Å². The summed E-state index contributed by atoms with van der Waals surface area (Å²) in [7, 11) is 0. The molecule has 27 heavy (non-hydrogen) atoms. The van der Waals surface area contributed by atoms with Gasteiger partial charge in [-0.3, -0.25) is 4.79 Å². The molecule has 0 unspecified atom stereocenters. The molecule has 1 amide bonds. The molecule has 3 fully saturated rings. The molecule has 4 atom stereocenters. The van der Waals surface area contributed by atoms with Gasteiger partial charge in [0.15, 0.2) is 0 Å². The lowest BCUT2D eigenvalue weighted by molar-refractivity contribution is -0.150. The van der Waals surface area contributed by atoms with Crippen LogP contribution in [-0.2, 0) is 4.79 Å². The van der Waals surface area contributed by atoms with E-state index in [0.29, 0.717) is 18.3 Å². The van der Waals surface area contributed by atoms with Crippen LogP contribution >= 0.6 is 11.3 Å². The van der Waals surface area contributed by atoms with Crippen LogP contribution in [0.3, 0.4) is 0 Å². The number of piperidine rings is 3. The van der Waals surface area contributed by atoms with Crippen LogP contribution in [0.15, 0.2) is 6.33 Å². The topological polar surface area (TPSA) is 69.6 Å². The molecule has 0 aromatic carbocycles. The highest BCUT2D eigenvalue weighted by Gasteiger charge is 2.49. The number of aliphatic hydroxyl groups excluding tert-OH is 1. The summed E-state index contributed by atoms with van der Waals surface area (Å²) >= 11 is 1.73. The van der Waals surface area contributed by atoms with E-state index >= 15 is 0 Å². The summed E-state index contributed by atoms with van der Waals surface area (Å²) in [4.78, 5) is 28.6. The number of carbonyl (C=O) groups excluding carboxylic acids is 1. The van der Waals surface area contributed by atoms with Gasteiger partial charge in [0.25, 0.3) is 0 Å². The molecule has 3 aliphatic heterocycles. The highest BCUT2D eigenvalue weighted by Crippen LogP contribution is 2.44. The lowest BCUT2D eigenvalue weighted by Gasteiger charge is -2.56. The second-order valence-electron chi connectivity index (χ2n) is 8.33. The second kappa shape index (κ2) is 6.41. The van der Waals surface area contributed by atoms with Gasteiger partial charge >= 0.3 is 0 Å². The van der Waals surface area contributed by atoms with Crippen molar-refractivity contribution >= 4 is 33.3 Å². The fourth-order valence-corrected chi connectivity index (χ4v) is 6.58. The van der Waals surface area contributed by atoms with E-state index in [4.69, 9.17) is 0 Å². The summed E-state index contributed by atoms with van der Waals surface area (Å²) < 4.78 is 0. The van der Waals surface area contributed by atoms with E-state index in [-0.39, 0.29) is 24.6 Å². The van der Waals surface area contributed by atoms with E-state index in [1.807, 2.05) is 0 Å². The number of amides is 1. The number of aromatic nitrogens is 2. The minimum Gasteiger partial charge on any atom is -0.394 e. The summed E-state index contributed by atoms with van der Waals surface area (Å²) in [6, 6.07) is 0.217. The zero-order valence-electron chi connectivity index (χ0n) is 15.9. The molecule has 1 N–H and O–H groups in total. The van der Waals surface area contributed by atoms with Crippen LogP contribution in [-0.4, -0.2) is 57.7 Å². The molecule has 0 aliphatic carbocycles. The van der Waals surface area contributed by atoms with Gasteiger partial charge in [0, 0.05) is 30.4 Å². The van der Waals surface area contributed by atoms with Gasteiger partial charge in [-0.05, 0) is 50.5 Å². The predicted molar refractivity (Wildman–Crippen MR) is 106 cm³/mol. The summed E-state index contributed by atoms with van der Waals surface area (Å²) in [5.41, 5.74) is 1.27. The lowest BCUT2D eigenvalue weighted by Crippen LogP contribution is -2.66. The Labute approximate surface area is 163 Å². The maximum Gasteiger partial charge on any atom is 0.223 e. The zero-order valence-corrected chi connectivity index (χ0v) is 16.7. The first-order valence-electron chi connectivity index (χ1n) is 9.96. The highest BCUT2D eigenvalue weighted by atomic mass is 32.1. The minimum atomic E-state index is -0.0514. The molecule has 6 nitrogen and oxygen atoms in total. The van der Waals surface area contributed by atoms with Crippen LogP contribution in [0.25, 0.3) is 10.2 Å². The molecular formula is C20H26N4O2S. The normalized spacial score (nSPS) is 30.7. The third kappa shape index (κ3) is 2.58. The Hall–Kier alpha value is -1.73. The Morgan fingerprint density at radius 1 is 1.26 bits per heavy atom. The highest BCUT2D eigenvalue weighted by molar-refractivity contribution is 7.18. The Bertz CT molecular complexity index is 883. The van der Waals surface area contributed by atoms with Gasteiger partial charge in [-0.25, -0.2) is 9.97 Å². The summed E-state index contributed by atoms with van der Waals surface area (Å²) in [6.45, 7) is 6.14. The zero-order chi connectivity index (χ0) is 18.7. The number of rotatable bonds is 2. The van der Waals surface area contributed by atoms with Crippen LogP contribution < -0.4 is 4.90 Å². The molecule has 0 radical (unpaired) electrons. The Morgan fingerprint density at radius 2 is 2.07 bits per heavy atom. The van der Waals surface area contributed by atoms with E-state index in [9.17, 15) is 9.90 Å². The summed E-state index contributed by atoms with van der Waals surface area (Å²) in [5, 5.41) is 11.3. The van der Waals surface area contributed by atoms with Crippen molar-refractivity contribution in [2.24, 2.45) is 11.8 Å². The van der Waals surface area contributed by atoms with E-state index in [1.165, 1.54) is 15.8 Å². The first-order valence-corrected chi connectivity index (χ1v) is 10.8. The first kappa shape index (κ1) is 17.4. The molecule has 0 spiro atoms. The standard InChI is InChI=1S/C20H26N4O2S/c1-11-12(2)27-20-18(11)19(21-10-22-20)23-7-13-6-14(8-23)16(9-25)24-15(13)4-3-5-17(24)26/h10,13-16,25H,3-9H2,1-2H3/t13-,14+,15+,16+/m1/s1. The van der Waals surface area contributed by atoms with Crippen LogP contribution in [0.2, 0.25) is 0 Å². The first-order chi connectivity index (χ1) is 13.1. The molecule has 2 bridgehead atoms. The van der Waals surface area contributed by atoms with Gasteiger partial charge in [-0.1, -0.05) is 0 Å². The van der Waals surface area contributed by atoms with Crippen LogP contribution in [0.4, 0.5) is 5.82 Å². The van der Waals surface area contributed by atoms with Gasteiger partial charge in [0.1, 0.15) is 17.0 Å². The van der Waals surface area contributed by atoms with Crippen molar-refractivity contribution in [3.05, 3.63) is 16.8 Å². The maximum absolute atomic E-state index is 12.6. The van der Waals surface area contributed by atoms with Gasteiger partial charge in [0.2, 0.25) is 5.91 Å². The van der Waals surface area contributed by atoms with Gasteiger partial charge in [-0.15, -0.1) is 11.3 Å². The molecule has 3 aliphatic rings. The average Bonchev–Trinajstić information content (AvgIpc) is 2.97. The molecule has 5 rings (SSSR count). The molecule has 144 valence electrons. The number of carbonyl (C=O) groups is 1. The largest absolute Gasteiger partial charge is 0.394 e. The second-order valence-corrected chi connectivity index (χ2v) is 9.54. The van der Waals surface area contributed by atoms with Crippen molar-refractivity contribution in [3.8, 4) is 0 Å². The molecule has 5 heterocycles. The number of aryl methyl sites for hydroxylation is 2. The molecular weight excluding hydrogens is 360 g/mol.